The highest BCUT2D eigenvalue weighted by molar-refractivity contribution is 4.56. The van der Waals surface area contributed by atoms with Crippen LogP contribution in [0.3, 0.4) is 0 Å². The van der Waals surface area contributed by atoms with Crippen LogP contribution < -0.4 is 0 Å². The average molecular weight is 890 g/mol. The maximum Gasteiger partial charge on any atom is -0.0533 e. The van der Waals surface area contributed by atoms with Crippen molar-refractivity contribution in [2.75, 3.05) is 0 Å². The Morgan fingerprint density at radius 1 is 0.0476 bits per heavy atom. The van der Waals surface area contributed by atoms with Gasteiger partial charge < -0.3 is 0 Å². The zero-order chi connectivity index (χ0) is 42.4. The van der Waals surface area contributed by atoms with Gasteiger partial charge in [0.25, 0.3) is 0 Å². The third kappa shape index (κ3) is 62.0. The van der Waals surface area contributed by atoms with E-state index in [-0.39, 0.29) is 22.3 Å². The first-order chi connectivity index (χ1) is 30.0. The summed E-state index contributed by atoms with van der Waals surface area (Å²) >= 11 is 0. The van der Waals surface area contributed by atoms with Gasteiger partial charge in [0.15, 0.2) is 0 Å². The van der Waals surface area contributed by atoms with Crippen LogP contribution in [0.15, 0.2) is 0 Å². The van der Waals surface area contributed by atoms with Crippen molar-refractivity contribution in [3.63, 3.8) is 0 Å². The van der Waals surface area contributed by atoms with Crippen molar-refractivity contribution in [1.29, 1.82) is 0 Å². The molecule has 0 atom stereocenters. The van der Waals surface area contributed by atoms with Crippen molar-refractivity contribution >= 4 is 0 Å². The second-order valence-electron chi connectivity index (χ2n) is 21.2. The molecule has 0 N–H and O–H groups in total. The normalized spacial score (nSPS) is 22.9. The Labute approximate surface area is 405 Å². The lowest BCUT2D eigenvalue weighted by Gasteiger charge is -2.05. The van der Waals surface area contributed by atoms with Gasteiger partial charge in [0, 0.05) is 0 Å². The maximum atomic E-state index is 1.50. The molecular weight excluding hydrogens is 757 g/mol. The summed E-state index contributed by atoms with van der Waals surface area (Å²) in [5.74, 6) is 0. The van der Waals surface area contributed by atoms with Crippen LogP contribution >= 0.6 is 0 Å². The Morgan fingerprint density at radius 2 is 0.0635 bits per heavy atom. The lowest BCUT2D eigenvalue weighted by molar-refractivity contribution is 0.504. The van der Waals surface area contributed by atoms with E-state index in [0.717, 1.165) is 0 Å². The van der Waals surface area contributed by atoms with E-state index in [2.05, 4.69) is 0 Å². The van der Waals surface area contributed by atoms with Gasteiger partial charge in [0.2, 0.25) is 0 Å². The molecule has 0 radical (unpaired) electrons. The molecule has 0 spiro atoms. The Bertz CT molecular complexity index is 354. The summed E-state index contributed by atoms with van der Waals surface area (Å²) in [5, 5.41) is 0. The van der Waals surface area contributed by atoms with Crippen LogP contribution in [0.1, 0.15) is 408 Å². The molecule has 384 valence electrons. The molecule has 0 heteroatoms. The van der Waals surface area contributed by atoms with Gasteiger partial charge in [-0.3, -0.25) is 0 Å². The molecule has 0 aromatic heterocycles. The molecule has 0 heterocycles. The van der Waals surface area contributed by atoms with Gasteiger partial charge in [-0.1, -0.05) is 408 Å². The molecule has 63 heavy (non-hydrogen) atoms. The van der Waals surface area contributed by atoms with Crippen LogP contribution in [0.5, 0.6) is 0 Å². The summed E-state index contributed by atoms with van der Waals surface area (Å²) in [7, 11) is 0. The molecule has 0 saturated heterocycles. The smallest absolute Gasteiger partial charge is 0.0533 e. The van der Waals surface area contributed by atoms with E-state index in [1.165, 1.54) is 385 Å². The molecule has 0 bridgehead atoms. The third-order valence-corrected chi connectivity index (χ3v) is 15.0. The fourth-order valence-electron chi connectivity index (χ4n) is 10.6. The summed E-state index contributed by atoms with van der Waals surface area (Å²) in [6.07, 6.45) is 90.0. The second-order valence-corrected chi connectivity index (χ2v) is 21.2. The quantitative estimate of drug-likeness (QED) is 0.227. The zero-order valence-electron chi connectivity index (χ0n) is 42.4. The Kier molecular flexibility index (Phi) is 68.4. The van der Waals surface area contributed by atoms with Crippen LogP contribution in [-0.2, 0) is 0 Å². The first-order valence-electron chi connectivity index (χ1n) is 30.0. The first kappa shape index (κ1) is 67.3. The van der Waals surface area contributed by atoms with E-state index in [4.69, 9.17) is 0 Å². The van der Waals surface area contributed by atoms with Crippen molar-refractivity contribution in [2.45, 2.75) is 408 Å². The Hall–Kier alpha value is 0. The molecule has 0 aromatic carbocycles. The van der Waals surface area contributed by atoms with Crippen molar-refractivity contribution in [2.24, 2.45) is 0 Å². The lowest BCUT2D eigenvalue weighted by atomic mass is 10.0. The van der Waals surface area contributed by atoms with E-state index in [1.54, 1.807) is 0 Å². The van der Waals surface area contributed by atoms with E-state index < -0.39 is 0 Å². The monoisotopic (exact) mass is 889 g/mol. The first-order valence-corrected chi connectivity index (χ1v) is 30.0. The maximum absolute atomic E-state index is 1.50. The van der Waals surface area contributed by atoms with Gasteiger partial charge >= 0.3 is 0 Å². The zero-order valence-corrected chi connectivity index (χ0v) is 42.4. The van der Waals surface area contributed by atoms with Crippen LogP contribution in [0.2, 0.25) is 0 Å². The topological polar surface area (TPSA) is 0 Å². The van der Waals surface area contributed by atoms with Crippen LogP contribution in [0.4, 0.5) is 0 Å². The van der Waals surface area contributed by atoms with Gasteiger partial charge in [0.05, 0.1) is 0 Å². The number of rotatable bonds is 0. The Balaban J connectivity index is -0.000000679. The molecule has 0 aromatic rings. The van der Waals surface area contributed by atoms with E-state index in [1.807, 2.05) is 0 Å². The molecule has 0 unspecified atom stereocenters. The predicted molar refractivity (Wildman–Crippen MR) is 297 cm³/mol. The summed E-state index contributed by atoms with van der Waals surface area (Å²) < 4.78 is 0. The molecule has 0 amide bonds. The summed E-state index contributed by atoms with van der Waals surface area (Å²) in [5.41, 5.74) is 0. The number of hydrogen-bond donors (Lipinski definition) is 0. The van der Waals surface area contributed by atoms with Crippen LogP contribution in [0, 0.1) is 0 Å². The molecular formula is C63H132. The fraction of sp³-hybridized carbons (Fsp3) is 1.00. The fourth-order valence-corrected chi connectivity index (χ4v) is 10.6. The van der Waals surface area contributed by atoms with Crippen LogP contribution in [0.25, 0.3) is 0 Å². The SMILES string of the molecule is C.C.C.C1CCCCCCCCC1.C1CCCCCCCCC1.C1CCCCCCCCC1.C1CCCCCCCCC1.C1CCCCCCCCC1.C1CCCCCCCCC1. The highest BCUT2D eigenvalue weighted by Crippen LogP contribution is 2.20. The highest BCUT2D eigenvalue weighted by Gasteiger charge is 2.00. The highest BCUT2D eigenvalue weighted by atomic mass is 14.1. The van der Waals surface area contributed by atoms with E-state index in [9.17, 15) is 0 Å². The van der Waals surface area contributed by atoms with Crippen molar-refractivity contribution < 1.29 is 0 Å². The van der Waals surface area contributed by atoms with Gasteiger partial charge in [0.1, 0.15) is 0 Å². The van der Waals surface area contributed by atoms with E-state index >= 15 is 0 Å². The van der Waals surface area contributed by atoms with Gasteiger partial charge in [-0.05, 0) is 0 Å². The largest absolute Gasteiger partial charge is 0.0776 e. The molecule has 6 rings (SSSR count). The summed E-state index contributed by atoms with van der Waals surface area (Å²) in [4.78, 5) is 0. The minimum absolute atomic E-state index is 0. The van der Waals surface area contributed by atoms with Gasteiger partial charge in [-0.15, -0.1) is 0 Å². The van der Waals surface area contributed by atoms with Gasteiger partial charge in [-0.2, -0.15) is 0 Å². The van der Waals surface area contributed by atoms with Gasteiger partial charge in [-0.25, -0.2) is 0 Å². The minimum Gasteiger partial charge on any atom is -0.0776 e. The molecule has 0 aliphatic heterocycles. The third-order valence-electron chi connectivity index (χ3n) is 15.0. The van der Waals surface area contributed by atoms with Crippen LogP contribution in [-0.4, -0.2) is 0 Å². The average Bonchev–Trinajstić information content (AvgIpc) is 3.31. The molecule has 6 aliphatic carbocycles. The summed E-state index contributed by atoms with van der Waals surface area (Å²) in [6, 6.07) is 0. The molecule has 6 saturated carbocycles. The van der Waals surface area contributed by atoms with Crippen molar-refractivity contribution in [3.8, 4) is 0 Å². The lowest BCUT2D eigenvalue weighted by Crippen LogP contribution is -1.85. The second kappa shape index (κ2) is 64.1. The van der Waals surface area contributed by atoms with Crippen molar-refractivity contribution in [1.82, 2.24) is 0 Å². The predicted octanol–water partition coefficient (Wildman–Crippen LogP) is 25.3. The standard InChI is InChI=1S/6C10H20.3CH4/c6*1-2-4-6-8-10-9-7-5-3-1;;;/h6*1-10H2;3*1H4. The molecule has 0 nitrogen and oxygen atoms in total. The number of hydrogen-bond acceptors (Lipinski definition) is 0. The summed E-state index contributed by atoms with van der Waals surface area (Å²) in [6.45, 7) is 0. The Morgan fingerprint density at radius 3 is 0.0794 bits per heavy atom. The molecule has 6 fully saturated rings. The van der Waals surface area contributed by atoms with Crippen molar-refractivity contribution in [3.05, 3.63) is 0 Å². The molecule has 6 aliphatic rings. The minimum atomic E-state index is 0. The van der Waals surface area contributed by atoms with E-state index in [0.29, 0.717) is 0 Å².